The van der Waals surface area contributed by atoms with Gasteiger partial charge in [0, 0.05) is 15.9 Å². The van der Waals surface area contributed by atoms with Gasteiger partial charge < -0.3 is 0 Å². The monoisotopic (exact) mass is 516 g/mol. The third-order valence-corrected chi connectivity index (χ3v) is 10.3. The van der Waals surface area contributed by atoms with Crippen molar-refractivity contribution in [3.8, 4) is 11.3 Å². The highest BCUT2D eigenvalue weighted by molar-refractivity contribution is 8.00. The van der Waals surface area contributed by atoms with Gasteiger partial charge in [-0.25, -0.2) is 4.57 Å². The zero-order valence-electron chi connectivity index (χ0n) is 23.7. The normalized spacial score (nSPS) is 15.6. The summed E-state index contributed by atoms with van der Waals surface area (Å²) in [5.74, 6) is 0.736. The van der Waals surface area contributed by atoms with Gasteiger partial charge in [-0.15, -0.1) is 0 Å². The van der Waals surface area contributed by atoms with Crippen LogP contribution in [-0.2, 0) is 13.5 Å². The number of aryl methyl sites for hydroxylation is 3. The lowest BCUT2D eigenvalue weighted by molar-refractivity contribution is -0.659. The Morgan fingerprint density at radius 1 is 0.842 bits per heavy atom. The Kier molecular flexibility index (Phi) is 5.47. The minimum absolute atomic E-state index is 0.199. The van der Waals surface area contributed by atoms with Gasteiger partial charge in [0.2, 0.25) is 5.69 Å². The summed E-state index contributed by atoms with van der Waals surface area (Å²) in [5.41, 5.74) is 8.81. The molecule has 38 heavy (non-hydrogen) atoms. The molecule has 0 radical (unpaired) electrons. The topological polar surface area (TPSA) is 3.88 Å². The van der Waals surface area contributed by atoms with Gasteiger partial charge in [0.15, 0.2) is 6.20 Å². The van der Waals surface area contributed by atoms with E-state index < -0.39 is 0 Å². The number of nitrogens with zero attached hydrogens (tertiary/aromatic N) is 1. The molecule has 0 spiro atoms. The SMILES string of the molecule is Cc1ccc2c(CC(C)(C)C)c3c(c(C)c2c1)-c1c2c(c4ccc(C5CCCC5)cc4cc2cc[n+]1C)S3. The van der Waals surface area contributed by atoms with Gasteiger partial charge in [0.25, 0.3) is 0 Å². The number of rotatable bonds is 2. The quantitative estimate of drug-likeness (QED) is 0.164. The summed E-state index contributed by atoms with van der Waals surface area (Å²) >= 11 is 2.04. The minimum Gasteiger partial charge on any atom is -0.200 e. The zero-order chi connectivity index (χ0) is 26.3. The van der Waals surface area contributed by atoms with Crippen LogP contribution in [0.1, 0.15) is 74.6 Å². The molecule has 1 aromatic heterocycles. The van der Waals surface area contributed by atoms with Crippen molar-refractivity contribution >= 4 is 44.1 Å². The van der Waals surface area contributed by atoms with Gasteiger partial charge in [0.05, 0.1) is 10.9 Å². The van der Waals surface area contributed by atoms with Crippen molar-refractivity contribution in [2.24, 2.45) is 12.5 Å². The molecule has 2 aliphatic rings. The highest BCUT2D eigenvalue weighted by atomic mass is 32.2. The maximum Gasteiger partial charge on any atom is 0.222 e. The Morgan fingerprint density at radius 3 is 2.37 bits per heavy atom. The first-order valence-corrected chi connectivity index (χ1v) is 15.1. The van der Waals surface area contributed by atoms with Crippen LogP contribution in [0, 0.1) is 19.3 Å². The first-order chi connectivity index (χ1) is 18.2. The lowest BCUT2D eigenvalue weighted by Gasteiger charge is -2.28. The van der Waals surface area contributed by atoms with Crippen LogP contribution in [0.5, 0.6) is 0 Å². The average molecular weight is 517 g/mol. The Morgan fingerprint density at radius 2 is 1.61 bits per heavy atom. The van der Waals surface area contributed by atoms with Gasteiger partial charge >= 0.3 is 0 Å². The summed E-state index contributed by atoms with van der Waals surface area (Å²) in [5, 5.41) is 8.43. The van der Waals surface area contributed by atoms with E-state index in [1.54, 1.807) is 0 Å². The smallest absolute Gasteiger partial charge is 0.200 e. The van der Waals surface area contributed by atoms with Gasteiger partial charge in [-0.05, 0) is 94.1 Å². The number of hydrogen-bond donors (Lipinski definition) is 0. The number of hydrogen-bond acceptors (Lipinski definition) is 1. The summed E-state index contributed by atoms with van der Waals surface area (Å²) in [6, 6.07) is 19.2. The second-order valence-corrected chi connectivity index (χ2v) is 14.1. The molecule has 0 amide bonds. The third kappa shape index (κ3) is 3.71. The molecule has 1 fully saturated rings. The van der Waals surface area contributed by atoms with Crippen molar-refractivity contribution in [1.82, 2.24) is 0 Å². The van der Waals surface area contributed by atoms with E-state index in [2.05, 4.69) is 101 Å². The van der Waals surface area contributed by atoms with E-state index in [1.807, 2.05) is 11.8 Å². The van der Waals surface area contributed by atoms with Crippen LogP contribution in [0.15, 0.2) is 64.5 Å². The molecule has 0 unspecified atom stereocenters. The van der Waals surface area contributed by atoms with Crippen molar-refractivity contribution < 1.29 is 4.57 Å². The fraction of sp³-hybridized carbons (Fsp3) is 0.361. The van der Waals surface area contributed by atoms with Crippen molar-refractivity contribution in [1.29, 1.82) is 0 Å². The van der Waals surface area contributed by atoms with Gasteiger partial charge in [-0.1, -0.05) is 87.3 Å². The number of aromatic nitrogens is 1. The molecule has 4 aromatic carbocycles. The van der Waals surface area contributed by atoms with E-state index in [1.165, 1.54) is 101 Å². The minimum atomic E-state index is 0.199. The molecule has 1 nitrogen and oxygen atoms in total. The lowest BCUT2D eigenvalue weighted by atomic mass is 9.82. The summed E-state index contributed by atoms with van der Waals surface area (Å²) in [6.07, 6.45) is 8.78. The Hall–Kier alpha value is -2.84. The first-order valence-electron chi connectivity index (χ1n) is 14.3. The van der Waals surface area contributed by atoms with E-state index in [0.717, 1.165) is 12.3 Å². The zero-order valence-corrected chi connectivity index (χ0v) is 24.5. The highest BCUT2D eigenvalue weighted by Gasteiger charge is 2.33. The highest BCUT2D eigenvalue weighted by Crippen LogP contribution is 2.54. The molecular weight excluding hydrogens is 478 g/mol. The molecule has 0 bridgehead atoms. The first kappa shape index (κ1) is 24.2. The number of pyridine rings is 1. The molecule has 2 heterocycles. The molecule has 2 heteroatoms. The fourth-order valence-corrected chi connectivity index (χ4v) is 8.64. The Labute approximate surface area is 231 Å². The fourth-order valence-electron chi connectivity index (χ4n) is 7.17. The van der Waals surface area contributed by atoms with Crippen molar-refractivity contribution in [2.75, 3.05) is 0 Å². The molecule has 1 aliphatic carbocycles. The van der Waals surface area contributed by atoms with Gasteiger partial charge in [0.1, 0.15) is 7.05 Å². The predicted molar refractivity (Wildman–Crippen MR) is 164 cm³/mol. The third-order valence-electron chi connectivity index (χ3n) is 8.97. The molecular formula is C36H38NS+. The van der Waals surface area contributed by atoms with Crippen molar-refractivity contribution in [2.45, 2.75) is 82.4 Å². The molecule has 1 aliphatic heterocycles. The van der Waals surface area contributed by atoms with Crippen molar-refractivity contribution in [3.05, 3.63) is 77.0 Å². The van der Waals surface area contributed by atoms with Gasteiger partial charge in [-0.2, -0.15) is 0 Å². The second-order valence-electron chi connectivity index (χ2n) is 13.1. The van der Waals surface area contributed by atoms with E-state index in [0.29, 0.717) is 0 Å². The largest absolute Gasteiger partial charge is 0.222 e. The van der Waals surface area contributed by atoms with Crippen LogP contribution in [0.2, 0.25) is 0 Å². The standard InChI is InChI=1S/C36H38NS/c1-21-11-13-28-29(17-21)22(2)31-33-32-25(15-16-37(33)6)19-26-18-24(23-9-7-8-10-23)12-14-27(26)34(32)38-35(31)30(28)20-36(3,4)5/h11-19,23H,7-10,20H2,1-6H3/q+1. The molecule has 1 saturated carbocycles. The molecule has 192 valence electrons. The van der Waals surface area contributed by atoms with Crippen LogP contribution in [0.3, 0.4) is 0 Å². The van der Waals surface area contributed by atoms with Crippen molar-refractivity contribution in [3.63, 3.8) is 0 Å². The summed E-state index contributed by atoms with van der Waals surface area (Å²) in [6.45, 7) is 11.7. The molecule has 0 saturated heterocycles. The van der Waals surface area contributed by atoms with E-state index in [-0.39, 0.29) is 5.41 Å². The average Bonchev–Trinajstić information content (AvgIpc) is 3.42. The molecule has 7 rings (SSSR count). The van der Waals surface area contributed by atoms with E-state index >= 15 is 0 Å². The molecule has 5 aromatic rings. The van der Waals surface area contributed by atoms with Crippen LogP contribution < -0.4 is 4.57 Å². The summed E-state index contributed by atoms with van der Waals surface area (Å²) < 4.78 is 2.37. The second kappa shape index (κ2) is 8.58. The van der Waals surface area contributed by atoms with E-state index in [9.17, 15) is 0 Å². The van der Waals surface area contributed by atoms with Crippen LogP contribution in [0.25, 0.3) is 43.6 Å². The van der Waals surface area contributed by atoms with Gasteiger partial charge in [-0.3, -0.25) is 0 Å². The Balaban J connectivity index is 1.58. The van der Waals surface area contributed by atoms with E-state index in [4.69, 9.17) is 0 Å². The summed E-state index contributed by atoms with van der Waals surface area (Å²) in [4.78, 5) is 2.91. The van der Waals surface area contributed by atoms with Crippen LogP contribution in [0.4, 0.5) is 0 Å². The molecule has 0 N–H and O–H groups in total. The van der Waals surface area contributed by atoms with Crippen LogP contribution >= 0.6 is 11.8 Å². The lowest BCUT2D eigenvalue weighted by Crippen LogP contribution is -2.32. The maximum atomic E-state index is 2.51. The number of benzene rings is 4. The summed E-state index contributed by atoms with van der Waals surface area (Å²) in [7, 11) is 2.23. The van der Waals surface area contributed by atoms with Crippen LogP contribution in [-0.4, -0.2) is 0 Å². The Bertz CT molecular complexity index is 1780. The maximum absolute atomic E-state index is 2.51. The number of fused-ring (bicyclic) bond motifs is 5. The predicted octanol–water partition coefficient (Wildman–Crippen LogP) is 9.97. The molecule has 0 atom stereocenters.